The molecule has 4 aromatic carbocycles. The van der Waals surface area contributed by atoms with Crippen molar-refractivity contribution in [2.24, 2.45) is 11.0 Å². The van der Waals surface area contributed by atoms with Crippen LogP contribution in [0.15, 0.2) is 139 Å². The van der Waals surface area contributed by atoms with Crippen molar-refractivity contribution in [1.29, 1.82) is 0 Å². The van der Waals surface area contributed by atoms with Crippen LogP contribution in [0, 0.1) is 5.92 Å². The Bertz CT molecular complexity index is 1360. The Balaban J connectivity index is 0.000000168. The molecule has 2 aliphatic rings. The quantitative estimate of drug-likeness (QED) is 0.0584. The molecular formula is C41H51N3O2. The summed E-state index contributed by atoms with van der Waals surface area (Å²) >= 11 is 0. The maximum absolute atomic E-state index is 8.23. The number of benzene rings is 4. The molecule has 2 aliphatic heterocycles. The van der Waals surface area contributed by atoms with Crippen molar-refractivity contribution in [1.82, 2.24) is 0 Å². The Morgan fingerprint density at radius 1 is 0.652 bits per heavy atom. The average Bonchev–Trinajstić information content (AvgIpc) is 4.06. The Hall–Kier alpha value is -4.15. The standard InChI is InChI=1S/C11H15N3.2C10H12O.C10H12/c1-9(8-13-14-12)10(2)11-6-4-3-5-7-11;2*1-8(10-7-11-10)9-5-3-2-4-6-9;1-3-9(2)10-7-5-4-6-8-10/h3-7,9-10H,8H2,1-2H3;2*2-6,8,10H,7H2,1H3;3-9H,1H2,2H3/t9-,10-;8-,10?;8-,10-;9-/m0110/s1. The second kappa shape index (κ2) is 20.1. The van der Waals surface area contributed by atoms with E-state index in [4.69, 9.17) is 15.0 Å². The first kappa shape index (κ1) is 36.3. The van der Waals surface area contributed by atoms with E-state index in [1.54, 1.807) is 0 Å². The lowest BCUT2D eigenvalue weighted by molar-refractivity contribution is 0.382. The molecule has 0 amide bonds. The third-order valence-corrected chi connectivity index (χ3v) is 8.77. The molecular weight excluding hydrogens is 566 g/mol. The first-order valence-corrected chi connectivity index (χ1v) is 16.4. The fraction of sp³-hybridized carbons (Fsp3) is 0.366. The van der Waals surface area contributed by atoms with Crippen LogP contribution >= 0.6 is 0 Å². The van der Waals surface area contributed by atoms with Gasteiger partial charge in [-0.15, -0.1) is 6.58 Å². The van der Waals surface area contributed by atoms with Gasteiger partial charge in [-0.2, -0.15) is 0 Å². The second-order valence-electron chi connectivity index (χ2n) is 12.2. The molecule has 0 bridgehead atoms. The van der Waals surface area contributed by atoms with Crippen LogP contribution in [0.3, 0.4) is 0 Å². The van der Waals surface area contributed by atoms with Gasteiger partial charge in [0.05, 0.1) is 25.4 Å². The summed E-state index contributed by atoms with van der Waals surface area (Å²) in [6.07, 6.45) is 2.92. The molecule has 5 heteroatoms. The number of epoxide rings is 2. The normalized spacial score (nSPS) is 18.8. The number of ether oxygens (including phenoxy) is 2. The third-order valence-electron chi connectivity index (χ3n) is 8.77. The summed E-state index contributed by atoms with van der Waals surface area (Å²) in [6, 6.07) is 41.7. The maximum atomic E-state index is 8.23. The zero-order valence-electron chi connectivity index (χ0n) is 28.2. The van der Waals surface area contributed by atoms with E-state index in [-0.39, 0.29) is 0 Å². The smallest absolute Gasteiger partial charge is 0.0875 e. The molecule has 0 aliphatic carbocycles. The molecule has 2 saturated heterocycles. The second-order valence-corrected chi connectivity index (χ2v) is 12.2. The van der Waals surface area contributed by atoms with E-state index in [1.165, 1.54) is 22.3 Å². The average molecular weight is 618 g/mol. The van der Waals surface area contributed by atoms with Crippen LogP contribution in [0.4, 0.5) is 0 Å². The molecule has 2 fully saturated rings. The molecule has 7 atom stereocenters. The number of hydrogen-bond acceptors (Lipinski definition) is 3. The summed E-state index contributed by atoms with van der Waals surface area (Å²) in [4.78, 5) is 2.78. The van der Waals surface area contributed by atoms with E-state index in [0.717, 1.165) is 13.2 Å². The molecule has 5 nitrogen and oxygen atoms in total. The number of rotatable bonds is 10. The molecule has 242 valence electrons. The van der Waals surface area contributed by atoms with Gasteiger partial charge in [-0.3, -0.25) is 0 Å². The topological polar surface area (TPSA) is 73.8 Å². The first-order valence-electron chi connectivity index (χ1n) is 16.4. The zero-order valence-corrected chi connectivity index (χ0v) is 28.2. The van der Waals surface area contributed by atoms with E-state index in [9.17, 15) is 0 Å². The summed E-state index contributed by atoms with van der Waals surface area (Å²) in [6.45, 7) is 17.0. The van der Waals surface area contributed by atoms with Gasteiger partial charge in [-0.25, -0.2) is 0 Å². The maximum Gasteiger partial charge on any atom is 0.0875 e. The van der Waals surface area contributed by atoms with Crippen LogP contribution in [0.5, 0.6) is 0 Å². The zero-order chi connectivity index (χ0) is 33.1. The molecule has 0 aromatic heterocycles. The molecule has 0 saturated carbocycles. The molecule has 46 heavy (non-hydrogen) atoms. The predicted molar refractivity (Wildman–Crippen MR) is 192 cm³/mol. The molecule has 0 N–H and O–H groups in total. The molecule has 2 heterocycles. The van der Waals surface area contributed by atoms with Gasteiger partial charge in [0, 0.05) is 23.3 Å². The minimum Gasteiger partial charge on any atom is -0.372 e. The summed E-state index contributed by atoms with van der Waals surface area (Å²) < 4.78 is 10.4. The third kappa shape index (κ3) is 13.1. The van der Waals surface area contributed by atoms with Crippen molar-refractivity contribution in [2.45, 2.75) is 70.5 Å². The van der Waals surface area contributed by atoms with Crippen molar-refractivity contribution in [3.8, 4) is 0 Å². The highest BCUT2D eigenvalue weighted by Crippen LogP contribution is 2.29. The van der Waals surface area contributed by atoms with Crippen molar-refractivity contribution in [2.75, 3.05) is 19.8 Å². The summed E-state index contributed by atoms with van der Waals surface area (Å²) in [5, 5.41) is 3.60. The van der Waals surface area contributed by atoms with Crippen molar-refractivity contribution in [3.05, 3.63) is 167 Å². The van der Waals surface area contributed by atoms with Crippen LogP contribution in [0.25, 0.3) is 10.4 Å². The Morgan fingerprint density at radius 2 is 1.00 bits per heavy atom. The van der Waals surface area contributed by atoms with Crippen molar-refractivity contribution >= 4 is 0 Å². The van der Waals surface area contributed by atoms with E-state index >= 15 is 0 Å². The molecule has 0 radical (unpaired) electrons. The first-order chi connectivity index (χ1) is 22.3. The van der Waals surface area contributed by atoms with Crippen LogP contribution in [-0.2, 0) is 9.47 Å². The molecule has 6 rings (SSSR count). The van der Waals surface area contributed by atoms with E-state index in [1.807, 2.05) is 42.5 Å². The van der Waals surface area contributed by atoms with Crippen LogP contribution < -0.4 is 0 Å². The van der Waals surface area contributed by atoms with Gasteiger partial charge in [-0.05, 0) is 45.5 Å². The minimum absolute atomic E-state index is 0.383. The van der Waals surface area contributed by atoms with Crippen LogP contribution in [0.1, 0.15) is 80.5 Å². The highest BCUT2D eigenvalue weighted by atomic mass is 16.6. The number of hydrogen-bond donors (Lipinski definition) is 0. The van der Waals surface area contributed by atoms with Gasteiger partial charge < -0.3 is 9.47 Å². The van der Waals surface area contributed by atoms with Gasteiger partial charge in [-0.1, -0.05) is 167 Å². The van der Waals surface area contributed by atoms with Gasteiger partial charge >= 0.3 is 0 Å². The van der Waals surface area contributed by atoms with E-state index < -0.39 is 0 Å². The highest BCUT2D eigenvalue weighted by molar-refractivity contribution is 5.23. The fourth-order valence-corrected chi connectivity index (χ4v) is 4.93. The SMILES string of the molecule is C=C[C@H](C)c1ccccc1.C[C@H](c1ccccc1)C1CO1.C[C@H](c1ccccc1)[C@@H](C)CN=[N+]=[N-].C[C@H](c1ccccc1)[C@H]1CO1. The van der Waals surface area contributed by atoms with Gasteiger partial charge in [0.1, 0.15) is 0 Å². The summed E-state index contributed by atoms with van der Waals surface area (Å²) in [5.41, 5.74) is 13.6. The Kier molecular flexibility index (Phi) is 15.8. The fourth-order valence-electron chi connectivity index (χ4n) is 4.93. The lowest BCUT2D eigenvalue weighted by Crippen LogP contribution is -2.08. The highest BCUT2D eigenvalue weighted by Gasteiger charge is 2.30. The van der Waals surface area contributed by atoms with Crippen molar-refractivity contribution < 1.29 is 9.47 Å². The number of azide groups is 1. The van der Waals surface area contributed by atoms with Crippen molar-refractivity contribution in [3.63, 3.8) is 0 Å². The lowest BCUT2D eigenvalue weighted by Gasteiger charge is -2.17. The predicted octanol–water partition coefficient (Wildman–Crippen LogP) is 11.1. The van der Waals surface area contributed by atoms with Gasteiger partial charge in [0.15, 0.2) is 0 Å². The number of nitrogens with zero attached hydrogens (tertiary/aromatic N) is 3. The molecule has 0 spiro atoms. The summed E-state index contributed by atoms with van der Waals surface area (Å²) in [5.74, 6) is 2.42. The number of allylic oxidation sites excluding steroid dienone is 1. The lowest BCUT2D eigenvalue weighted by atomic mass is 9.89. The minimum atomic E-state index is 0.383. The Labute approximate surface area is 276 Å². The van der Waals surface area contributed by atoms with Crippen LogP contribution in [0.2, 0.25) is 0 Å². The largest absolute Gasteiger partial charge is 0.372 e. The van der Waals surface area contributed by atoms with Crippen LogP contribution in [-0.4, -0.2) is 32.0 Å². The van der Waals surface area contributed by atoms with Gasteiger partial charge in [0.25, 0.3) is 0 Å². The van der Waals surface area contributed by atoms with E-state index in [0.29, 0.717) is 48.3 Å². The molecule has 1 unspecified atom stereocenters. The molecule has 4 aromatic rings. The van der Waals surface area contributed by atoms with E-state index in [2.05, 4.69) is 136 Å². The van der Waals surface area contributed by atoms with Gasteiger partial charge in [0.2, 0.25) is 0 Å². The summed E-state index contributed by atoms with van der Waals surface area (Å²) in [7, 11) is 0. The monoisotopic (exact) mass is 617 g/mol. The Morgan fingerprint density at radius 3 is 1.33 bits per heavy atom.